The van der Waals surface area contributed by atoms with Crippen LogP contribution < -0.4 is 9.47 Å². The van der Waals surface area contributed by atoms with E-state index in [9.17, 15) is 4.79 Å². The number of carbonyl (C=O) groups is 1. The zero-order valence-corrected chi connectivity index (χ0v) is 16.8. The van der Waals surface area contributed by atoms with E-state index < -0.39 is 5.97 Å². The van der Waals surface area contributed by atoms with E-state index >= 15 is 0 Å². The summed E-state index contributed by atoms with van der Waals surface area (Å²) in [5, 5.41) is 0. The molecule has 6 heteroatoms. The van der Waals surface area contributed by atoms with Gasteiger partial charge in [-0.2, -0.15) is 0 Å². The fraction of sp³-hybridized carbons (Fsp3) is 0.120. The summed E-state index contributed by atoms with van der Waals surface area (Å²) in [7, 11) is 0. The maximum atomic E-state index is 12.7. The van der Waals surface area contributed by atoms with Crippen molar-refractivity contribution >= 4 is 23.2 Å². The van der Waals surface area contributed by atoms with Crippen molar-refractivity contribution in [2.75, 3.05) is 6.61 Å². The van der Waals surface area contributed by atoms with Crippen molar-refractivity contribution in [1.82, 2.24) is 0 Å². The standard InChI is InChI=1S/C25H19NO5/c1-2-13-28-17-11-9-16(10-12-17)22-15-19(18-6-3-4-7-20(18)30-22)23-25(27)31-24(26-23)21-8-5-14-29-21/h3-12,14-15H,2,13H2,1H3. The Hall–Kier alpha value is -4.06. The topological polar surface area (TPSA) is 70.3 Å². The van der Waals surface area contributed by atoms with Crippen molar-refractivity contribution in [3.63, 3.8) is 0 Å². The van der Waals surface area contributed by atoms with Crippen LogP contribution in [-0.2, 0) is 9.53 Å². The maximum absolute atomic E-state index is 12.7. The van der Waals surface area contributed by atoms with Gasteiger partial charge in [0.05, 0.1) is 12.9 Å². The molecule has 5 rings (SSSR count). The summed E-state index contributed by atoms with van der Waals surface area (Å²) in [5.41, 5.74) is 2.47. The fourth-order valence-electron chi connectivity index (χ4n) is 3.39. The predicted octanol–water partition coefficient (Wildman–Crippen LogP) is 5.22. The van der Waals surface area contributed by atoms with Crippen molar-refractivity contribution in [3.8, 4) is 11.5 Å². The molecule has 0 amide bonds. The first kappa shape index (κ1) is 18.9. The number of esters is 1. The number of cyclic esters (lactones) is 1. The van der Waals surface area contributed by atoms with Crippen LogP contribution >= 0.6 is 0 Å². The number of para-hydroxylation sites is 1. The van der Waals surface area contributed by atoms with Gasteiger partial charge in [0.25, 0.3) is 5.90 Å². The molecule has 6 nitrogen and oxygen atoms in total. The number of rotatable bonds is 5. The average molecular weight is 413 g/mol. The lowest BCUT2D eigenvalue weighted by Crippen LogP contribution is -2.08. The quantitative estimate of drug-likeness (QED) is 0.424. The number of nitrogens with zero attached hydrogens (tertiary/aromatic N) is 1. The van der Waals surface area contributed by atoms with Crippen LogP contribution in [-0.4, -0.2) is 18.5 Å². The molecule has 0 fully saturated rings. The molecule has 31 heavy (non-hydrogen) atoms. The van der Waals surface area contributed by atoms with E-state index in [0.29, 0.717) is 29.4 Å². The normalized spacial score (nSPS) is 17.4. The van der Waals surface area contributed by atoms with Gasteiger partial charge in [-0.1, -0.05) is 25.1 Å². The van der Waals surface area contributed by atoms with Crippen molar-refractivity contribution in [2.45, 2.75) is 13.3 Å². The number of carbonyl (C=O) groups excluding carboxylic acids is 1. The lowest BCUT2D eigenvalue weighted by atomic mass is 9.97. The Bertz CT molecular complexity index is 1220. The van der Waals surface area contributed by atoms with Gasteiger partial charge < -0.3 is 18.6 Å². The minimum absolute atomic E-state index is 0.147. The lowest BCUT2D eigenvalue weighted by molar-refractivity contribution is -0.130. The number of hydrogen-bond donors (Lipinski definition) is 0. The Kier molecular flexibility index (Phi) is 4.88. The summed E-state index contributed by atoms with van der Waals surface area (Å²) < 4.78 is 22.5. The summed E-state index contributed by atoms with van der Waals surface area (Å²) in [6.07, 6.45) is 4.27. The lowest BCUT2D eigenvalue weighted by Gasteiger charge is -2.21. The monoisotopic (exact) mass is 413 g/mol. The summed E-state index contributed by atoms with van der Waals surface area (Å²) >= 11 is 0. The number of fused-ring (bicyclic) bond motifs is 1. The van der Waals surface area contributed by atoms with E-state index in [0.717, 1.165) is 23.3 Å². The smallest absolute Gasteiger partial charge is 0.364 e. The van der Waals surface area contributed by atoms with Gasteiger partial charge in [0.2, 0.25) is 0 Å². The molecule has 2 aliphatic rings. The van der Waals surface area contributed by atoms with Gasteiger partial charge in [-0.05, 0) is 55.0 Å². The molecular formula is C25H19NO5. The van der Waals surface area contributed by atoms with Crippen LogP contribution in [0.3, 0.4) is 0 Å². The SMILES string of the molecule is CCCOc1ccc(C2=CC(=C3N=C(c4ccco4)OC3=O)c3ccccc3O2)cc1. The van der Waals surface area contributed by atoms with E-state index in [1.54, 1.807) is 12.1 Å². The minimum Gasteiger partial charge on any atom is -0.494 e. The predicted molar refractivity (Wildman–Crippen MR) is 116 cm³/mol. The number of furan rings is 1. The van der Waals surface area contributed by atoms with Crippen molar-refractivity contribution < 1.29 is 23.4 Å². The van der Waals surface area contributed by atoms with Crippen molar-refractivity contribution in [2.24, 2.45) is 4.99 Å². The zero-order chi connectivity index (χ0) is 21.2. The Labute approximate surface area is 179 Å². The summed E-state index contributed by atoms with van der Waals surface area (Å²) in [4.78, 5) is 17.1. The van der Waals surface area contributed by atoms with Gasteiger partial charge >= 0.3 is 5.97 Å². The zero-order valence-electron chi connectivity index (χ0n) is 16.8. The third kappa shape index (κ3) is 3.64. The largest absolute Gasteiger partial charge is 0.494 e. The highest BCUT2D eigenvalue weighted by Gasteiger charge is 2.31. The van der Waals surface area contributed by atoms with Gasteiger partial charge in [0.15, 0.2) is 11.5 Å². The van der Waals surface area contributed by atoms with Crippen LogP contribution in [0.2, 0.25) is 0 Å². The molecule has 0 unspecified atom stereocenters. The second-order valence-electron chi connectivity index (χ2n) is 7.03. The Morgan fingerprint density at radius 2 is 1.81 bits per heavy atom. The second kappa shape index (κ2) is 7.99. The molecule has 0 bridgehead atoms. The molecule has 0 radical (unpaired) electrons. The number of aliphatic imine (C=N–C) groups is 1. The van der Waals surface area contributed by atoms with Crippen molar-refractivity contribution in [1.29, 1.82) is 0 Å². The summed E-state index contributed by atoms with van der Waals surface area (Å²) in [6.45, 7) is 2.73. The maximum Gasteiger partial charge on any atom is 0.364 e. The first-order chi connectivity index (χ1) is 15.2. The average Bonchev–Trinajstić information content (AvgIpc) is 3.47. The Morgan fingerprint density at radius 3 is 2.58 bits per heavy atom. The number of benzene rings is 2. The first-order valence-electron chi connectivity index (χ1n) is 10.0. The highest BCUT2D eigenvalue weighted by atomic mass is 16.6. The number of hydrogen-bond acceptors (Lipinski definition) is 6. The molecule has 1 aromatic heterocycles. The van der Waals surface area contributed by atoms with Gasteiger partial charge in [-0.15, -0.1) is 0 Å². The molecule has 0 spiro atoms. The molecule has 2 aliphatic heterocycles. The molecule has 0 saturated carbocycles. The molecule has 0 N–H and O–H groups in total. The van der Waals surface area contributed by atoms with Gasteiger partial charge in [-0.3, -0.25) is 0 Å². The van der Waals surface area contributed by atoms with E-state index in [1.807, 2.05) is 54.6 Å². The van der Waals surface area contributed by atoms with Crippen molar-refractivity contribution in [3.05, 3.63) is 95.6 Å². The van der Waals surface area contributed by atoms with Gasteiger partial charge in [0, 0.05) is 16.7 Å². The molecule has 154 valence electrons. The Morgan fingerprint density at radius 1 is 0.968 bits per heavy atom. The molecule has 0 saturated heterocycles. The highest BCUT2D eigenvalue weighted by Crippen LogP contribution is 2.40. The minimum atomic E-state index is -0.531. The highest BCUT2D eigenvalue weighted by molar-refractivity contribution is 6.15. The van der Waals surface area contributed by atoms with Crippen LogP contribution in [0.25, 0.3) is 11.3 Å². The van der Waals surface area contributed by atoms with Crippen LogP contribution in [0.1, 0.15) is 30.2 Å². The van der Waals surface area contributed by atoms with Gasteiger partial charge in [-0.25, -0.2) is 9.79 Å². The number of allylic oxidation sites excluding steroid dienone is 2. The fourth-order valence-corrected chi connectivity index (χ4v) is 3.39. The van der Waals surface area contributed by atoms with Crippen LogP contribution in [0.5, 0.6) is 11.5 Å². The summed E-state index contributed by atoms with van der Waals surface area (Å²) in [5.74, 6) is 2.07. The molecule has 3 heterocycles. The molecule has 2 aromatic carbocycles. The third-order valence-corrected chi connectivity index (χ3v) is 4.87. The number of ether oxygens (including phenoxy) is 3. The second-order valence-corrected chi connectivity index (χ2v) is 7.03. The molecule has 0 aliphatic carbocycles. The first-order valence-corrected chi connectivity index (χ1v) is 10.0. The van der Waals surface area contributed by atoms with E-state index in [4.69, 9.17) is 18.6 Å². The van der Waals surface area contributed by atoms with E-state index in [1.165, 1.54) is 6.26 Å². The Balaban J connectivity index is 1.58. The van der Waals surface area contributed by atoms with E-state index in [2.05, 4.69) is 11.9 Å². The molecular weight excluding hydrogens is 394 g/mol. The van der Waals surface area contributed by atoms with E-state index in [-0.39, 0.29) is 11.6 Å². The van der Waals surface area contributed by atoms with Gasteiger partial charge in [0.1, 0.15) is 17.3 Å². The van der Waals surface area contributed by atoms with Crippen LogP contribution in [0.4, 0.5) is 0 Å². The summed E-state index contributed by atoms with van der Waals surface area (Å²) in [6, 6.07) is 18.6. The molecule has 0 atom stereocenters. The molecule has 3 aromatic rings. The third-order valence-electron chi connectivity index (χ3n) is 4.87. The van der Waals surface area contributed by atoms with Crippen LogP contribution in [0.15, 0.2) is 88.1 Å². The van der Waals surface area contributed by atoms with Crippen LogP contribution in [0, 0.1) is 0 Å².